The molecule has 4 nitrogen and oxygen atoms in total. The van der Waals surface area contributed by atoms with Gasteiger partial charge in [-0.3, -0.25) is 9.59 Å². The maximum Gasteiger partial charge on any atom is 0.243 e. The van der Waals surface area contributed by atoms with Crippen molar-refractivity contribution in [1.82, 2.24) is 10.2 Å². The van der Waals surface area contributed by atoms with Crippen molar-refractivity contribution >= 4 is 11.8 Å². The van der Waals surface area contributed by atoms with Gasteiger partial charge in [0, 0.05) is 25.4 Å². The van der Waals surface area contributed by atoms with E-state index in [2.05, 4.69) is 5.32 Å². The summed E-state index contributed by atoms with van der Waals surface area (Å²) in [6.45, 7) is 8.51. The van der Waals surface area contributed by atoms with Crippen LogP contribution in [0.2, 0.25) is 0 Å². The second kappa shape index (κ2) is 11.4. The molecule has 0 saturated carbocycles. The molecule has 29 heavy (non-hydrogen) atoms. The summed E-state index contributed by atoms with van der Waals surface area (Å²) in [7, 11) is 0. The average Bonchev–Trinajstić information content (AvgIpc) is 2.72. The molecule has 2 atom stereocenters. The van der Waals surface area contributed by atoms with Crippen molar-refractivity contribution in [1.29, 1.82) is 0 Å². The molecule has 0 saturated heterocycles. The van der Waals surface area contributed by atoms with Crippen LogP contribution in [0.25, 0.3) is 0 Å². The normalized spacial score (nSPS) is 12.8. The molecule has 0 aliphatic carbocycles. The van der Waals surface area contributed by atoms with E-state index in [0.717, 1.165) is 24.0 Å². The van der Waals surface area contributed by atoms with Gasteiger partial charge in [0.2, 0.25) is 11.8 Å². The topological polar surface area (TPSA) is 49.4 Å². The Morgan fingerprint density at radius 1 is 0.966 bits per heavy atom. The third kappa shape index (κ3) is 7.04. The van der Waals surface area contributed by atoms with Crippen LogP contribution >= 0.6 is 0 Å². The number of rotatable bonds is 10. The Morgan fingerprint density at radius 2 is 1.62 bits per heavy atom. The van der Waals surface area contributed by atoms with E-state index in [1.165, 1.54) is 5.56 Å². The van der Waals surface area contributed by atoms with Crippen LogP contribution in [-0.4, -0.2) is 28.8 Å². The van der Waals surface area contributed by atoms with Gasteiger partial charge in [-0.1, -0.05) is 74.0 Å². The fraction of sp³-hybridized carbons (Fsp3) is 0.440. The lowest BCUT2D eigenvalue weighted by atomic mass is 10.0. The Hall–Kier alpha value is -2.62. The smallest absolute Gasteiger partial charge is 0.243 e. The van der Waals surface area contributed by atoms with Gasteiger partial charge < -0.3 is 10.2 Å². The highest BCUT2D eigenvalue weighted by atomic mass is 16.2. The number of nitrogens with one attached hydrogen (secondary N) is 1. The van der Waals surface area contributed by atoms with Gasteiger partial charge >= 0.3 is 0 Å². The van der Waals surface area contributed by atoms with Crippen LogP contribution in [0, 0.1) is 6.92 Å². The second-order valence-corrected chi connectivity index (χ2v) is 7.78. The van der Waals surface area contributed by atoms with Crippen LogP contribution in [-0.2, 0) is 22.6 Å². The van der Waals surface area contributed by atoms with Crippen molar-refractivity contribution in [2.24, 2.45) is 0 Å². The lowest BCUT2D eigenvalue weighted by Gasteiger charge is -2.32. The van der Waals surface area contributed by atoms with Gasteiger partial charge in [0.15, 0.2) is 0 Å². The molecule has 4 heteroatoms. The van der Waals surface area contributed by atoms with Crippen LogP contribution in [0.3, 0.4) is 0 Å². The number of hydrogen-bond donors (Lipinski definition) is 1. The number of nitrogens with zero attached hydrogens (tertiary/aromatic N) is 1. The van der Waals surface area contributed by atoms with E-state index in [0.29, 0.717) is 19.4 Å². The van der Waals surface area contributed by atoms with Crippen LogP contribution < -0.4 is 5.32 Å². The first-order valence-electron chi connectivity index (χ1n) is 10.6. The highest BCUT2D eigenvalue weighted by molar-refractivity contribution is 5.88. The highest BCUT2D eigenvalue weighted by Crippen LogP contribution is 2.17. The molecule has 156 valence electrons. The van der Waals surface area contributed by atoms with Gasteiger partial charge in [0.1, 0.15) is 6.04 Å². The maximum absolute atomic E-state index is 13.2. The van der Waals surface area contributed by atoms with Crippen LogP contribution in [0.5, 0.6) is 0 Å². The van der Waals surface area contributed by atoms with Gasteiger partial charge in [-0.05, 0) is 37.8 Å². The first kappa shape index (κ1) is 22.7. The van der Waals surface area contributed by atoms with Crippen molar-refractivity contribution in [3.63, 3.8) is 0 Å². The molecule has 0 aliphatic heterocycles. The lowest BCUT2D eigenvalue weighted by molar-refractivity contribution is -0.141. The zero-order chi connectivity index (χ0) is 21.2. The molecule has 0 aliphatic rings. The molecule has 2 aromatic carbocycles. The van der Waals surface area contributed by atoms with Gasteiger partial charge in [-0.15, -0.1) is 0 Å². The lowest BCUT2D eigenvalue weighted by Crippen LogP contribution is -2.52. The molecule has 2 aromatic rings. The Labute approximate surface area is 175 Å². The van der Waals surface area contributed by atoms with Crippen LogP contribution in [0.1, 0.15) is 56.7 Å². The van der Waals surface area contributed by atoms with E-state index in [1.807, 2.05) is 82.3 Å². The summed E-state index contributed by atoms with van der Waals surface area (Å²) in [5, 5.41) is 3.09. The molecular weight excluding hydrogens is 360 g/mol. The van der Waals surface area contributed by atoms with Crippen molar-refractivity contribution in [3.05, 3.63) is 71.3 Å². The average molecular weight is 395 g/mol. The minimum Gasteiger partial charge on any atom is -0.352 e. The Morgan fingerprint density at radius 3 is 2.21 bits per heavy atom. The molecule has 0 unspecified atom stereocenters. The molecule has 2 rings (SSSR count). The minimum absolute atomic E-state index is 0.0216. The molecule has 0 heterocycles. The van der Waals surface area contributed by atoms with Crippen molar-refractivity contribution in [2.45, 2.75) is 72.0 Å². The third-order valence-electron chi connectivity index (χ3n) is 5.21. The van der Waals surface area contributed by atoms with E-state index < -0.39 is 6.04 Å². The summed E-state index contributed by atoms with van der Waals surface area (Å²) in [6.07, 6.45) is 2.55. The van der Waals surface area contributed by atoms with E-state index >= 15 is 0 Å². The van der Waals surface area contributed by atoms with Gasteiger partial charge in [0.05, 0.1) is 0 Å². The van der Waals surface area contributed by atoms with E-state index in [9.17, 15) is 9.59 Å². The van der Waals surface area contributed by atoms with Gasteiger partial charge in [0.25, 0.3) is 0 Å². The largest absolute Gasteiger partial charge is 0.352 e. The molecule has 0 radical (unpaired) electrons. The van der Waals surface area contributed by atoms with E-state index in [4.69, 9.17) is 0 Å². The highest BCUT2D eigenvalue weighted by Gasteiger charge is 2.30. The number of carbonyl (C=O) groups is 2. The van der Waals surface area contributed by atoms with E-state index in [1.54, 1.807) is 4.90 Å². The summed E-state index contributed by atoms with van der Waals surface area (Å²) in [4.78, 5) is 28.0. The fourth-order valence-electron chi connectivity index (χ4n) is 3.24. The summed E-state index contributed by atoms with van der Waals surface area (Å²) < 4.78 is 0. The van der Waals surface area contributed by atoms with E-state index in [-0.39, 0.29) is 17.9 Å². The number of benzene rings is 2. The van der Waals surface area contributed by atoms with Crippen LogP contribution in [0.15, 0.2) is 54.6 Å². The molecule has 0 spiro atoms. The second-order valence-electron chi connectivity index (χ2n) is 7.78. The summed E-state index contributed by atoms with van der Waals surface area (Å²) >= 11 is 0. The zero-order valence-corrected chi connectivity index (χ0v) is 18.2. The van der Waals surface area contributed by atoms with Gasteiger partial charge in [-0.2, -0.15) is 0 Å². The first-order valence-corrected chi connectivity index (χ1v) is 10.6. The Balaban J connectivity index is 2.35. The third-order valence-corrected chi connectivity index (χ3v) is 5.21. The number of carbonyl (C=O) groups excluding carboxylic acids is 2. The van der Waals surface area contributed by atoms with Crippen molar-refractivity contribution in [3.8, 4) is 0 Å². The summed E-state index contributed by atoms with van der Waals surface area (Å²) in [5.41, 5.74) is 3.26. The van der Waals surface area contributed by atoms with Crippen molar-refractivity contribution < 1.29 is 9.59 Å². The summed E-state index contributed by atoms with van der Waals surface area (Å²) in [5.74, 6) is -0.0620. The molecule has 0 bridgehead atoms. The van der Waals surface area contributed by atoms with Crippen molar-refractivity contribution in [2.75, 3.05) is 0 Å². The Kier molecular flexibility index (Phi) is 8.91. The molecular formula is C25H34N2O2. The fourth-order valence-corrected chi connectivity index (χ4v) is 3.24. The summed E-state index contributed by atoms with van der Waals surface area (Å²) in [6, 6.07) is 17.6. The molecule has 0 fully saturated rings. The number of hydrogen-bond acceptors (Lipinski definition) is 2. The molecule has 1 N–H and O–H groups in total. The molecule has 2 amide bonds. The minimum atomic E-state index is -0.535. The van der Waals surface area contributed by atoms with Gasteiger partial charge in [-0.25, -0.2) is 0 Å². The number of amides is 2. The standard InChI is InChI=1S/C25H34N2O2/c1-5-10-24(28)27(18-22-15-13-19(3)14-16-22)23(25(29)26-20(4)6-2)17-21-11-8-7-9-12-21/h7-9,11-16,20,23H,5-6,10,17-18H2,1-4H3,(H,26,29)/t20-,23+/m0/s1. The predicted molar refractivity (Wildman–Crippen MR) is 118 cm³/mol. The first-order chi connectivity index (χ1) is 13.9. The predicted octanol–water partition coefficient (Wildman–Crippen LogP) is 4.65. The number of aryl methyl sites for hydroxylation is 1. The van der Waals surface area contributed by atoms with Crippen LogP contribution in [0.4, 0.5) is 0 Å². The Bertz CT molecular complexity index is 771. The maximum atomic E-state index is 13.2. The zero-order valence-electron chi connectivity index (χ0n) is 18.2. The quantitative estimate of drug-likeness (QED) is 0.638. The molecule has 0 aromatic heterocycles. The SMILES string of the molecule is CCCC(=O)N(Cc1ccc(C)cc1)[C@H](Cc1ccccc1)C(=O)N[C@@H](C)CC. The monoisotopic (exact) mass is 394 g/mol.